The molecule has 6 aromatic rings. The van der Waals surface area contributed by atoms with Crippen molar-refractivity contribution >= 4 is 86.8 Å². The smallest absolute Gasteiger partial charge is 0.272 e. The number of fused-ring (bicyclic) bond motifs is 2. The molecule has 4 aromatic carbocycles. The third kappa shape index (κ3) is 5.45. The van der Waals surface area contributed by atoms with E-state index in [-0.39, 0.29) is 21.3 Å². The molecule has 2 heterocycles. The summed E-state index contributed by atoms with van der Waals surface area (Å²) in [6.07, 6.45) is 0. The highest BCUT2D eigenvalue weighted by atomic mass is 35.5. The SMILES string of the molecule is NS(=O)(=O)c1oc2ccccc2c1-c1cc(Cl)ccc1SSc1ccc(Cl)cc1-c1c(S(N)(=O)=O)oc2ccccc12. The zero-order chi connectivity index (χ0) is 29.8. The van der Waals surface area contributed by atoms with Gasteiger partial charge in [-0.15, -0.1) is 0 Å². The number of halogens is 2. The zero-order valence-corrected chi connectivity index (χ0v) is 25.9. The van der Waals surface area contributed by atoms with E-state index in [4.69, 9.17) is 42.3 Å². The highest BCUT2D eigenvalue weighted by molar-refractivity contribution is 8.76. The van der Waals surface area contributed by atoms with Crippen LogP contribution in [0.4, 0.5) is 0 Å². The van der Waals surface area contributed by atoms with Crippen molar-refractivity contribution in [2.45, 2.75) is 20.0 Å². The van der Waals surface area contributed by atoms with Gasteiger partial charge in [0.15, 0.2) is 0 Å². The molecule has 0 aliphatic rings. The van der Waals surface area contributed by atoms with E-state index in [1.807, 2.05) is 0 Å². The van der Waals surface area contributed by atoms with E-state index in [1.165, 1.54) is 21.6 Å². The van der Waals surface area contributed by atoms with Crippen molar-refractivity contribution in [2.75, 3.05) is 0 Å². The summed E-state index contributed by atoms with van der Waals surface area (Å²) in [7, 11) is -5.89. The van der Waals surface area contributed by atoms with Crippen LogP contribution in [0.1, 0.15) is 0 Å². The largest absolute Gasteiger partial charge is 0.443 e. The molecular weight excluding hydrogens is 659 g/mol. The standard InChI is InChI=1S/C28H18Cl2N2O6S4/c29-15-9-11-23(19(13-15)25-17-5-1-3-7-21(17)37-27(25)41(31,33)34)39-40-24-12-10-16(30)14-20(24)26-18-6-2-4-8-22(18)38-28(26)42(32,35)36/h1-14H,(H2,31,33,34)(H2,32,35,36). The molecule has 42 heavy (non-hydrogen) atoms. The minimum absolute atomic E-state index is 0.285. The van der Waals surface area contributed by atoms with Crippen molar-refractivity contribution < 1.29 is 25.7 Å². The molecule has 0 saturated carbocycles. The van der Waals surface area contributed by atoms with Crippen LogP contribution in [0.3, 0.4) is 0 Å². The second kappa shape index (κ2) is 11.0. The molecule has 0 unspecified atom stereocenters. The minimum Gasteiger partial charge on any atom is -0.443 e. The van der Waals surface area contributed by atoms with Crippen LogP contribution in [-0.4, -0.2) is 16.8 Å². The van der Waals surface area contributed by atoms with Crippen LogP contribution in [0.15, 0.2) is 114 Å². The molecular formula is C28H18Cl2N2O6S4. The molecule has 0 atom stereocenters. The Kier molecular flexibility index (Phi) is 7.61. The van der Waals surface area contributed by atoms with E-state index >= 15 is 0 Å². The number of hydrogen-bond acceptors (Lipinski definition) is 8. The Balaban J connectivity index is 1.50. The van der Waals surface area contributed by atoms with Crippen LogP contribution in [0.2, 0.25) is 10.0 Å². The lowest BCUT2D eigenvalue weighted by atomic mass is 10.0. The zero-order valence-electron chi connectivity index (χ0n) is 21.1. The van der Waals surface area contributed by atoms with Gasteiger partial charge in [0.2, 0.25) is 10.2 Å². The molecule has 214 valence electrons. The van der Waals surface area contributed by atoms with Crippen LogP contribution in [0.5, 0.6) is 0 Å². The maximum atomic E-state index is 12.6. The molecule has 2 aromatic heterocycles. The predicted molar refractivity (Wildman–Crippen MR) is 168 cm³/mol. The highest BCUT2D eigenvalue weighted by Crippen LogP contribution is 2.50. The molecule has 0 bridgehead atoms. The van der Waals surface area contributed by atoms with Crippen LogP contribution < -0.4 is 10.3 Å². The number of para-hydroxylation sites is 2. The summed E-state index contributed by atoms with van der Waals surface area (Å²) in [4.78, 5) is 1.29. The Morgan fingerprint density at radius 3 is 1.33 bits per heavy atom. The molecule has 6 rings (SSSR count). The fraction of sp³-hybridized carbons (Fsp3) is 0. The van der Waals surface area contributed by atoms with Gasteiger partial charge in [0.1, 0.15) is 11.2 Å². The lowest BCUT2D eigenvalue weighted by Crippen LogP contribution is -2.12. The molecule has 0 aliphatic carbocycles. The van der Waals surface area contributed by atoms with Crippen molar-refractivity contribution in [3.8, 4) is 22.3 Å². The molecule has 0 radical (unpaired) electrons. The Hall–Kier alpha value is -2.94. The van der Waals surface area contributed by atoms with Gasteiger partial charge in [-0.25, -0.2) is 27.1 Å². The summed E-state index contributed by atoms with van der Waals surface area (Å²) < 4.78 is 61.6. The summed E-state index contributed by atoms with van der Waals surface area (Å²) in [5.74, 6) is 0. The molecule has 8 nitrogen and oxygen atoms in total. The summed E-state index contributed by atoms with van der Waals surface area (Å²) in [6.45, 7) is 0. The van der Waals surface area contributed by atoms with E-state index in [1.54, 1.807) is 84.9 Å². The third-order valence-corrected chi connectivity index (χ3v) is 10.8. The maximum absolute atomic E-state index is 12.6. The van der Waals surface area contributed by atoms with Gasteiger partial charge >= 0.3 is 0 Å². The van der Waals surface area contributed by atoms with Crippen molar-refractivity contribution in [1.29, 1.82) is 0 Å². The second-order valence-corrected chi connectivity index (χ2v) is 15.1. The van der Waals surface area contributed by atoms with Crippen molar-refractivity contribution in [2.24, 2.45) is 10.3 Å². The number of furan rings is 2. The molecule has 0 aliphatic heterocycles. The minimum atomic E-state index is -4.24. The molecule has 0 fully saturated rings. The second-order valence-electron chi connectivity index (χ2n) is 9.06. The lowest BCUT2D eigenvalue weighted by Gasteiger charge is -2.13. The Morgan fingerprint density at radius 1 is 0.571 bits per heavy atom. The van der Waals surface area contributed by atoms with Gasteiger partial charge in [-0.05, 0) is 48.5 Å². The molecule has 0 spiro atoms. The average molecular weight is 678 g/mol. The Morgan fingerprint density at radius 2 is 0.952 bits per heavy atom. The maximum Gasteiger partial charge on any atom is 0.272 e. The summed E-state index contributed by atoms with van der Waals surface area (Å²) in [5, 5.41) is 12.2. The monoisotopic (exact) mass is 676 g/mol. The molecule has 0 saturated heterocycles. The predicted octanol–water partition coefficient (Wildman–Crippen LogP) is 7.91. The van der Waals surface area contributed by atoms with Crippen LogP contribution in [0.25, 0.3) is 44.2 Å². The van der Waals surface area contributed by atoms with Crippen LogP contribution in [-0.2, 0) is 20.0 Å². The Bertz CT molecular complexity index is 2090. The molecule has 0 amide bonds. The first kappa shape index (κ1) is 29.1. The van der Waals surface area contributed by atoms with Gasteiger partial charge in [-0.1, -0.05) is 81.2 Å². The van der Waals surface area contributed by atoms with E-state index in [0.29, 0.717) is 52.9 Å². The summed E-state index contributed by atoms with van der Waals surface area (Å²) in [5.41, 5.74) is 2.25. The van der Waals surface area contributed by atoms with Crippen LogP contribution in [0, 0.1) is 0 Å². The first-order chi connectivity index (χ1) is 19.9. The fourth-order valence-corrected chi connectivity index (χ4v) is 8.69. The van der Waals surface area contributed by atoms with E-state index < -0.39 is 20.0 Å². The van der Waals surface area contributed by atoms with E-state index in [2.05, 4.69) is 0 Å². The van der Waals surface area contributed by atoms with Gasteiger partial charge in [0.25, 0.3) is 20.0 Å². The average Bonchev–Trinajstić information content (AvgIpc) is 3.52. The summed E-state index contributed by atoms with van der Waals surface area (Å²) >= 11 is 12.7. The lowest BCUT2D eigenvalue weighted by molar-refractivity contribution is 0.484. The number of primary sulfonamides is 2. The number of hydrogen-bond donors (Lipinski definition) is 2. The highest BCUT2D eigenvalue weighted by Gasteiger charge is 2.28. The van der Waals surface area contributed by atoms with Gasteiger partial charge in [-0.3, -0.25) is 0 Å². The van der Waals surface area contributed by atoms with Gasteiger partial charge in [0, 0.05) is 52.9 Å². The van der Waals surface area contributed by atoms with Crippen molar-refractivity contribution in [3.63, 3.8) is 0 Å². The van der Waals surface area contributed by atoms with Crippen LogP contribution >= 0.6 is 44.8 Å². The van der Waals surface area contributed by atoms with Crippen molar-refractivity contribution in [1.82, 2.24) is 0 Å². The number of sulfonamides is 2. The van der Waals surface area contributed by atoms with E-state index in [9.17, 15) is 16.8 Å². The van der Waals surface area contributed by atoms with E-state index in [0.717, 1.165) is 0 Å². The fourth-order valence-electron chi connectivity index (χ4n) is 4.59. The third-order valence-electron chi connectivity index (χ3n) is 6.29. The normalized spacial score (nSPS) is 12.4. The number of nitrogens with two attached hydrogens (primary N) is 2. The number of rotatable bonds is 7. The van der Waals surface area contributed by atoms with Gasteiger partial charge in [-0.2, -0.15) is 0 Å². The molecule has 4 N–H and O–H groups in total. The van der Waals surface area contributed by atoms with Crippen molar-refractivity contribution in [3.05, 3.63) is 95.0 Å². The first-order valence-corrected chi connectivity index (χ1v) is 17.9. The Labute approximate surface area is 258 Å². The molecule has 14 heteroatoms. The topological polar surface area (TPSA) is 147 Å². The first-order valence-electron chi connectivity index (χ1n) is 11.9. The number of benzene rings is 4. The van der Waals surface area contributed by atoms with Gasteiger partial charge < -0.3 is 8.83 Å². The van der Waals surface area contributed by atoms with Gasteiger partial charge in [0.05, 0.1) is 0 Å². The summed E-state index contributed by atoms with van der Waals surface area (Å²) in [6, 6.07) is 23.9. The quantitative estimate of drug-likeness (QED) is 0.162.